The van der Waals surface area contributed by atoms with E-state index in [1.54, 1.807) is 37.4 Å². The van der Waals surface area contributed by atoms with Gasteiger partial charge in [-0.05, 0) is 35.7 Å². The van der Waals surface area contributed by atoms with E-state index in [1.807, 2.05) is 42.5 Å². The minimum absolute atomic E-state index is 0.0960. The van der Waals surface area contributed by atoms with Crippen molar-refractivity contribution in [2.24, 2.45) is 0 Å². The summed E-state index contributed by atoms with van der Waals surface area (Å²) in [7, 11) is -1.87. The maximum Gasteiger partial charge on any atom is 0.293 e. The van der Waals surface area contributed by atoms with Crippen LogP contribution in [0.25, 0.3) is 10.8 Å². The van der Waals surface area contributed by atoms with Crippen molar-refractivity contribution >= 4 is 32.2 Å². The summed E-state index contributed by atoms with van der Waals surface area (Å²) in [6.45, 7) is 0. The van der Waals surface area contributed by atoms with Crippen molar-refractivity contribution in [1.82, 2.24) is 0 Å². The molecule has 0 bridgehead atoms. The first kappa shape index (κ1) is 19.0. The number of furan rings is 1. The normalized spacial score (nSPS) is 11.5. The summed E-state index contributed by atoms with van der Waals surface area (Å²) in [5.74, 6) is -0.325. The van der Waals surface area contributed by atoms with Gasteiger partial charge in [0.25, 0.3) is 5.91 Å². The maximum atomic E-state index is 12.9. The fraction of sp³-hybridized carbons (Fsp3) is 0.0870. The third-order valence-corrected chi connectivity index (χ3v) is 6.39. The second-order valence-corrected chi connectivity index (χ2v) is 8.69. The van der Waals surface area contributed by atoms with Crippen LogP contribution in [0.15, 0.2) is 94.2 Å². The van der Waals surface area contributed by atoms with E-state index >= 15 is 0 Å². The van der Waals surface area contributed by atoms with Crippen molar-refractivity contribution in [2.45, 2.75) is 10.6 Å². The molecule has 4 rings (SSSR count). The third kappa shape index (κ3) is 3.79. The van der Waals surface area contributed by atoms with E-state index in [9.17, 15) is 13.2 Å². The zero-order valence-electron chi connectivity index (χ0n) is 15.8. The van der Waals surface area contributed by atoms with Crippen molar-refractivity contribution < 1.29 is 17.6 Å². The van der Waals surface area contributed by atoms with E-state index in [1.165, 1.54) is 17.0 Å². The van der Waals surface area contributed by atoms with E-state index in [-0.39, 0.29) is 28.1 Å². The Hall–Kier alpha value is -3.38. The van der Waals surface area contributed by atoms with Gasteiger partial charge in [0, 0.05) is 12.4 Å². The number of sulfone groups is 1. The van der Waals surface area contributed by atoms with Crippen LogP contribution in [-0.2, 0) is 15.6 Å². The summed E-state index contributed by atoms with van der Waals surface area (Å²) in [4.78, 5) is 14.7. The molecule has 0 fully saturated rings. The number of amides is 1. The Labute approximate surface area is 169 Å². The summed E-state index contributed by atoms with van der Waals surface area (Å²) in [5.41, 5.74) is 0.753. The monoisotopic (exact) mass is 405 g/mol. The van der Waals surface area contributed by atoms with Gasteiger partial charge in [0.1, 0.15) is 11.5 Å². The van der Waals surface area contributed by atoms with Gasteiger partial charge in [-0.15, -0.1) is 0 Å². The van der Waals surface area contributed by atoms with Crippen LogP contribution in [0.5, 0.6) is 0 Å². The largest absolute Gasteiger partial charge is 0.455 e. The fourth-order valence-corrected chi connectivity index (χ4v) is 4.51. The minimum Gasteiger partial charge on any atom is -0.455 e. The van der Waals surface area contributed by atoms with Crippen molar-refractivity contribution in [3.05, 3.63) is 96.4 Å². The second-order valence-electron chi connectivity index (χ2n) is 6.70. The van der Waals surface area contributed by atoms with Crippen LogP contribution in [0.3, 0.4) is 0 Å². The lowest BCUT2D eigenvalue weighted by Gasteiger charge is -2.18. The van der Waals surface area contributed by atoms with Gasteiger partial charge >= 0.3 is 0 Å². The van der Waals surface area contributed by atoms with Gasteiger partial charge in [0.2, 0.25) is 0 Å². The molecule has 146 valence electrons. The molecule has 3 aromatic carbocycles. The van der Waals surface area contributed by atoms with Gasteiger partial charge in [0.15, 0.2) is 15.6 Å². The zero-order valence-corrected chi connectivity index (χ0v) is 16.6. The number of carbonyl (C=O) groups is 1. The molecule has 0 radical (unpaired) electrons. The summed E-state index contributed by atoms with van der Waals surface area (Å²) in [6.07, 6.45) is 0. The molecule has 0 saturated heterocycles. The van der Waals surface area contributed by atoms with Crippen LogP contribution < -0.4 is 4.90 Å². The molecule has 1 aromatic heterocycles. The molecule has 0 aliphatic rings. The number of benzene rings is 3. The molecular weight excluding hydrogens is 386 g/mol. The van der Waals surface area contributed by atoms with Crippen molar-refractivity contribution in [3.8, 4) is 0 Å². The molecule has 0 aliphatic heterocycles. The number of hydrogen-bond acceptors (Lipinski definition) is 4. The number of rotatable bonds is 5. The highest BCUT2D eigenvalue weighted by Crippen LogP contribution is 2.27. The summed E-state index contributed by atoms with van der Waals surface area (Å²) in [6, 6.07) is 24.8. The summed E-state index contributed by atoms with van der Waals surface area (Å²) in [5, 5.41) is 1.98. The van der Waals surface area contributed by atoms with Crippen molar-refractivity contribution in [2.75, 3.05) is 11.9 Å². The van der Waals surface area contributed by atoms with Gasteiger partial charge in [-0.25, -0.2) is 8.42 Å². The van der Waals surface area contributed by atoms with Crippen LogP contribution >= 0.6 is 0 Å². The van der Waals surface area contributed by atoms with Gasteiger partial charge in [-0.3, -0.25) is 4.79 Å². The van der Waals surface area contributed by atoms with Crippen molar-refractivity contribution in [1.29, 1.82) is 0 Å². The standard InChI is InChI=1S/C23H19NO4S/c1-24(21-13-7-9-17-8-5-6-12-20(17)21)23(25)22-15-14-18(28-22)16-29(26,27)19-10-3-2-4-11-19/h2-15H,16H2,1H3. The molecule has 1 amide bonds. The summed E-state index contributed by atoms with van der Waals surface area (Å²) >= 11 is 0. The first-order valence-electron chi connectivity index (χ1n) is 9.08. The minimum atomic E-state index is -3.55. The third-order valence-electron chi connectivity index (χ3n) is 4.74. The molecule has 1 heterocycles. The predicted octanol–water partition coefficient (Wildman–Crippen LogP) is 4.68. The average Bonchev–Trinajstić information content (AvgIpc) is 3.20. The van der Waals surface area contributed by atoms with Gasteiger partial charge in [-0.2, -0.15) is 0 Å². The Bertz CT molecular complexity index is 1270. The Balaban J connectivity index is 1.58. The molecule has 0 saturated carbocycles. The van der Waals surface area contributed by atoms with Crippen LogP contribution in [0.2, 0.25) is 0 Å². The zero-order chi connectivity index (χ0) is 20.4. The first-order chi connectivity index (χ1) is 14.0. The van der Waals surface area contributed by atoms with Gasteiger partial charge in [-0.1, -0.05) is 54.6 Å². The van der Waals surface area contributed by atoms with E-state index in [4.69, 9.17) is 4.42 Å². The van der Waals surface area contributed by atoms with Crippen LogP contribution in [-0.4, -0.2) is 21.4 Å². The Morgan fingerprint density at radius 1 is 0.862 bits per heavy atom. The number of hydrogen-bond donors (Lipinski definition) is 0. The van der Waals surface area contributed by atoms with E-state index in [0.717, 1.165) is 16.5 Å². The van der Waals surface area contributed by atoms with E-state index in [2.05, 4.69) is 0 Å². The molecule has 0 aliphatic carbocycles. The molecule has 0 unspecified atom stereocenters. The highest BCUT2D eigenvalue weighted by molar-refractivity contribution is 7.90. The molecule has 0 spiro atoms. The molecule has 4 aromatic rings. The molecule has 6 heteroatoms. The molecular formula is C23H19NO4S. The smallest absolute Gasteiger partial charge is 0.293 e. The topological polar surface area (TPSA) is 67.6 Å². The number of fused-ring (bicyclic) bond motifs is 1. The quantitative estimate of drug-likeness (QED) is 0.483. The SMILES string of the molecule is CN(C(=O)c1ccc(CS(=O)(=O)c2ccccc2)o1)c1cccc2ccccc12. The van der Waals surface area contributed by atoms with Crippen LogP contribution in [0, 0.1) is 0 Å². The highest BCUT2D eigenvalue weighted by atomic mass is 32.2. The summed E-state index contributed by atoms with van der Waals surface area (Å²) < 4.78 is 30.6. The van der Waals surface area contributed by atoms with E-state index in [0.29, 0.717) is 0 Å². The second kappa shape index (κ2) is 7.56. The molecule has 29 heavy (non-hydrogen) atoms. The van der Waals surface area contributed by atoms with Crippen molar-refractivity contribution in [3.63, 3.8) is 0 Å². The Morgan fingerprint density at radius 3 is 2.34 bits per heavy atom. The molecule has 0 N–H and O–H groups in total. The Kier molecular flexibility index (Phi) is 4.94. The van der Waals surface area contributed by atoms with Gasteiger partial charge < -0.3 is 9.32 Å². The average molecular weight is 405 g/mol. The first-order valence-corrected chi connectivity index (χ1v) is 10.7. The van der Waals surface area contributed by atoms with E-state index < -0.39 is 9.84 Å². The lowest BCUT2D eigenvalue weighted by molar-refractivity contribution is 0.0965. The van der Waals surface area contributed by atoms with Crippen LogP contribution in [0.4, 0.5) is 5.69 Å². The fourth-order valence-electron chi connectivity index (χ4n) is 3.24. The lowest BCUT2D eigenvalue weighted by atomic mass is 10.1. The number of nitrogens with zero attached hydrogens (tertiary/aromatic N) is 1. The predicted molar refractivity (Wildman–Crippen MR) is 113 cm³/mol. The highest BCUT2D eigenvalue weighted by Gasteiger charge is 2.22. The van der Waals surface area contributed by atoms with Crippen LogP contribution in [0.1, 0.15) is 16.3 Å². The Morgan fingerprint density at radius 2 is 1.55 bits per heavy atom. The number of carbonyl (C=O) groups excluding carboxylic acids is 1. The van der Waals surface area contributed by atoms with Gasteiger partial charge in [0.05, 0.1) is 10.6 Å². The lowest BCUT2D eigenvalue weighted by Crippen LogP contribution is -2.26. The molecule has 5 nitrogen and oxygen atoms in total. The molecule has 0 atom stereocenters. The number of anilines is 1. The maximum absolute atomic E-state index is 12.9.